The lowest BCUT2D eigenvalue weighted by Gasteiger charge is -2.08. The van der Waals surface area contributed by atoms with E-state index in [4.69, 9.17) is 16.0 Å². The van der Waals surface area contributed by atoms with E-state index >= 15 is 0 Å². The standard InChI is InChI=1S/C17H15ClN4O2/c18-12-5-7-13(8-6-12)19-15(23)10-22-9-1-2-14(22)17-21-20-16(24-17)11-3-4-11/h1-2,5-9,11H,3-4,10H2,(H,19,23). The Morgan fingerprint density at radius 1 is 1.25 bits per heavy atom. The Morgan fingerprint density at radius 2 is 2.04 bits per heavy atom. The van der Waals surface area contributed by atoms with Gasteiger partial charge in [-0.15, -0.1) is 10.2 Å². The molecule has 24 heavy (non-hydrogen) atoms. The second kappa shape index (κ2) is 6.13. The van der Waals surface area contributed by atoms with E-state index < -0.39 is 0 Å². The highest BCUT2D eigenvalue weighted by molar-refractivity contribution is 6.30. The Morgan fingerprint density at radius 3 is 2.79 bits per heavy atom. The third kappa shape index (κ3) is 3.19. The number of anilines is 1. The van der Waals surface area contributed by atoms with E-state index in [0.717, 1.165) is 18.5 Å². The van der Waals surface area contributed by atoms with E-state index in [1.54, 1.807) is 28.8 Å². The second-order valence-electron chi connectivity index (χ2n) is 5.80. The summed E-state index contributed by atoms with van der Waals surface area (Å²) in [6, 6.07) is 10.7. The predicted molar refractivity (Wildman–Crippen MR) is 89.8 cm³/mol. The van der Waals surface area contributed by atoms with Crippen LogP contribution in [0.3, 0.4) is 0 Å². The van der Waals surface area contributed by atoms with Gasteiger partial charge in [0.05, 0.1) is 0 Å². The highest BCUT2D eigenvalue weighted by Crippen LogP contribution is 2.39. The van der Waals surface area contributed by atoms with Crippen molar-refractivity contribution in [3.63, 3.8) is 0 Å². The number of nitrogens with one attached hydrogen (secondary N) is 1. The fourth-order valence-electron chi connectivity index (χ4n) is 2.47. The number of hydrogen-bond donors (Lipinski definition) is 1. The Balaban J connectivity index is 1.47. The van der Waals surface area contributed by atoms with Crippen molar-refractivity contribution >= 4 is 23.2 Å². The van der Waals surface area contributed by atoms with E-state index in [-0.39, 0.29) is 12.5 Å². The van der Waals surface area contributed by atoms with Gasteiger partial charge in [-0.3, -0.25) is 4.79 Å². The summed E-state index contributed by atoms with van der Waals surface area (Å²) in [5, 5.41) is 11.6. The number of halogens is 1. The molecule has 1 N–H and O–H groups in total. The molecule has 2 heterocycles. The maximum Gasteiger partial charge on any atom is 0.264 e. The first-order valence-corrected chi connectivity index (χ1v) is 8.11. The molecule has 1 aliphatic rings. The zero-order chi connectivity index (χ0) is 16.5. The molecule has 7 heteroatoms. The third-order valence-corrected chi connectivity index (χ3v) is 4.11. The molecule has 2 aromatic heterocycles. The van der Waals surface area contributed by atoms with Crippen LogP contribution in [-0.4, -0.2) is 20.7 Å². The van der Waals surface area contributed by atoms with Gasteiger partial charge in [0.15, 0.2) is 0 Å². The first-order chi connectivity index (χ1) is 11.7. The number of rotatable bonds is 5. The van der Waals surface area contributed by atoms with Crippen LogP contribution in [0.1, 0.15) is 24.7 Å². The maximum atomic E-state index is 12.2. The summed E-state index contributed by atoms with van der Waals surface area (Å²) in [5.41, 5.74) is 1.44. The number of hydrogen-bond acceptors (Lipinski definition) is 4. The van der Waals surface area contributed by atoms with Crippen molar-refractivity contribution in [1.82, 2.24) is 14.8 Å². The smallest absolute Gasteiger partial charge is 0.264 e. The number of carbonyl (C=O) groups is 1. The monoisotopic (exact) mass is 342 g/mol. The minimum absolute atomic E-state index is 0.142. The minimum Gasteiger partial charge on any atom is -0.419 e. The van der Waals surface area contributed by atoms with Gasteiger partial charge >= 0.3 is 0 Å². The van der Waals surface area contributed by atoms with Crippen molar-refractivity contribution in [2.45, 2.75) is 25.3 Å². The van der Waals surface area contributed by atoms with E-state index in [1.165, 1.54) is 0 Å². The van der Waals surface area contributed by atoms with Gasteiger partial charge in [-0.1, -0.05) is 11.6 Å². The lowest BCUT2D eigenvalue weighted by Crippen LogP contribution is -2.18. The first-order valence-electron chi connectivity index (χ1n) is 7.73. The normalized spacial score (nSPS) is 13.9. The molecule has 1 amide bonds. The average Bonchev–Trinajstić information content (AvgIpc) is 3.12. The molecule has 0 atom stereocenters. The Hall–Kier alpha value is -2.60. The van der Waals surface area contributed by atoms with Gasteiger partial charge in [-0.25, -0.2) is 0 Å². The number of nitrogens with zero attached hydrogens (tertiary/aromatic N) is 3. The maximum absolute atomic E-state index is 12.2. The molecule has 6 nitrogen and oxygen atoms in total. The molecule has 1 aromatic carbocycles. The number of amides is 1. The van der Waals surface area contributed by atoms with E-state index in [2.05, 4.69) is 15.5 Å². The van der Waals surface area contributed by atoms with Crippen LogP contribution < -0.4 is 5.32 Å². The van der Waals surface area contributed by atoms with E-state index in [0.29, 0.717) is 28.4 Å². The summed E-state index contributed by atoms with van der Waals surface area (Å²) in [7, 11) is 0. The Bertz CT molecular complexity index is 865. The first kappa shape index (κ1) is 15.0. The Labute approximate surface area is 143 Å². The van der Waals surface area contributed by atoms with Crippen molar-refractivity contribution in [3.05, 3.63) is 53.5 Å². The number of carbonyl (C=O) groups excluding carboxylic acids is 1. The van der Waals surface area contributed by atoms with Crippen LogP contribution in [0.25, 0.3) is 11.6 Å². The largest absolute Gasteiger partial charge is 0.419 e. The fourth-order valence-corrected chi connectivity index (χ4v) is 2.59. The predicted octanol–water partition coefficient (Wildman–Crippen LogP) is 3.71. The zero-order valence-electron chi connectivity index (χ0n) is 12.8. The molecular formula is C17H15ClN4O2. The summed E-state index contributed by atoms with van der Waals surface area (Å²) in [4.78, 5) is 12.2. The minimum atomic E-state index is -0.142. The number of aromatic nitrogens is 3. The van der Waals surface area contributed by atoms with Crippen LogP contribution in [0.5, 0.6) is 0 Å². The molecule has 1 aliphatic carbocycles. The van der Waals surface area contributed by atoms with Crippen molar-refractivity contribution in [2.75, 3.05) is 5.32 Å². The van der Waals surface area contributed by atoms with Crippen molar-refractivity contribution in [3.8, 4) is 11.6 Å². The van der Waals surface area contributed by atoms with Gasteiger partial charge in [0.1, 0.15) is 12.2 Å². The zero-order valence-corrected chi connectivity index (χ0v) is 13.5. The molecule has 1 fully saturated rings. The van der Waals surface area contributed by atoms with Crippen LogP contribution in [0.15, 0.2) is 47.0 Å². The third-order valence-electron chi connectivity index (χ3n) is 3.86. The molecule has 0 aliphatic heterocycles. The molecule has 0 saturated heterocycles. The van der Waals surface area contributed by atoms with E-state index in [1.807, 2.05) is 18.3 Å². The van der Waals surface area contributed by atoms with Gasteiger partial charge in [0.25, 0.3) is 5.89 Å². The van der Waals surface area contributed by atoms with Crippen LogP contribution in [0.4, 0.5) is 5.69 Å². The summed E-state index contributed by atoms with van der Waals surface area (Å²) in [5.74, 6) is 1.39. The topological polar surface area (TPSA) is 73.0 Å². The Kier molecular flexibility index (Phi) is 3.82. The van der Waals surface area contributed by atoms with Gasteiger partial charge < -0.3 is 14.3 Å². The van der Waals surface area contributed by atoms with Crippen molar-refractivity contribution < 1.29 is 9.21 Å². The van der Waals surface area contributed by atoms with Gasteiger partial charge in [-0.05, 0) is 49.2 Å². The summed E-state index contributed by atoms with van der Waals surface area (Å²) < 4.78 is 7.50. The average molecular weight is 343 g/mol. The highest BCUT2D eigenvalue weighted by Gasteiger charge is 2.29. The van der Waals surface area contributed by atoms with Crippen LogP contribution in [0.2, 0.25) is 5.02 Å². The quantitative estimate of drug-likeness (QED) is 0.767. The van der Waals surface area contributed by atoms with Gasteiger partial charge in [-0.2, -0.15) is 0 Å². The van der Waals surface area contributed by atoms with E-state index in [9.17, 15) is 4.79 Å². The molecule has 122 valence electrons. The molecule has 0 spiro atoms. The SMILES string of the molecule is O=C(Cn1cccc1-c1nnc(C2CC2)o1)Nc1ccc(Cl)cc1. The van der Waals surface area contributed by atoms with Crippen LogP contribution in [-0.2, 0) is 11.3 Å². The lowest BCUT2D eigenvalue weighted by molar-refractivity contribution is -0.116. The highest BCUT2D eigenvalue weighted by atomic mass is 35.5. The summed E-state index contributed by atoms with van der Waals surface area (Å²) in [6.07, 6.45) is 4.02. The lowest BCUT2D eigenvalue weighted by atomic mass is 10.3. The molecule has 4 rings (SSSR count). The fraction of sp³-hybridized carbons (Fsp3) is 0.235. The molecule has 0 unspecified atom stereocenters. The molecular weight excluding hydrogens is 328 g/mol. The molecule has 0 radical (unpaired) electrons. The van der Waals surface area contributed by atoms with Gasteiger partial charge in [0, 0.05) is 22.8 Å². The van der Waals surface area contributed by atoms with Crippen molar-refractivity contribution in [1.29, 1.82) is 0 Å². The summed E-state index contributed by atoms with van der Waals surface area (Å²) in [6.45, 7) is 0.159. The number of benzene rings is 1. The van der Waals surface area contributed by atoms with Crippen LogP contribution >= 0.6 is 11.6 Å². The molecule has 1 saturated carbocycles. The molecule has 0 bridgehead atoms. The van der Waals surface area contributed by atoms with Crippen LogP contribution in [0, 0.1) is 0 Å². The van der Waals surface area contributed by atoms with Gasteiger partial charge in [0.2, 0.25) is 11.8 Å². The molecule has 3 aromatic rings. The van der Waals surface area contributed by atoms with Crippen molar-refractivity contribution in [2.24, 2.45) is 0 Å². The second-order valence-corrected chi connectivity index (χ2v) is 6.23. The summed E-state index contributed by atoms with van der Waals surface area (Å²) >= 11 is 5.84.